The fraction of sp³-hybridized carbons (Fsp3) is 0.467. The van der Waals surface area contributed by atoms with Crippen molar-refractivity contribution in [3.63, 3.8) is 0 Å². The molecule has 1 aliphatic rings. The topological polar surface area (TPSA) is 68.2 Å². The van der Waals surface area contributed by atoms with Gasteiger partial charge in [-0.1, -0.05) is 18.5 Å². The van der Waals surface area contributed by atoms with Gasteiger partial charge in [0.15, 0.2) is 0 Å². The number of nitriles is 1. The molecule has 0 radical (unpaired) electrons. The zero-order valence-corrected chi connectivity index (χ0v) is 13.0. The van der Waals surface area contributed by atoms with Gasteiger partial charge in [-0.25, -0.2) is 0 Å². The number of fused-ring (bicyclic) bond motifs is 1. The van der Waals surface area contributed by atoms with E-state index in [1.54, 1.807) is 0 Å². The second-order valence-electron chi connectivity index (χ2n) is 5.10. The van der Waals surface area contributed by atoms with Crippen molar-refractivity contribution in [2.75, 3.05) is 30.4 Å². The molecule has 0 spiro atoms. The van der Waals surface area contributed by atoms with Gasteiger partial charge >= 0.3 is 0 Å². The van der Waals surface area contributed by atoms with Crippen molar-refractivity contribution in [3.8, 4) is 6.07 Å². The van der Waals surface area contributed by atoms with Gasteiger partial charge in [0.1, 0.15) is 6.04 Å². The monoisotopic (exact) mass is 306 g/mol. The average Bonchev–Trinajstić information content (AvgIpc) is 2.76. The SMILES string of the molecule is CCCNC1C(=O)Nc2cc(N(C)CCC#N)c(Cl)cc21. The zero-order valence-electron chi connectivity index (χ0n) is 12.2. The number of rotatable bonds is 6. The van der Waals surface area contributed by atoms with Gasteiger partial charge < -0.3 is 15.5 Å². The number of anilines is 2. The van der Waals surface area contributed by atoms with E-state index in [4.69, 9.17) is 16.9 Å². The lowest BCUT2D eigenvalue weighted by atomic mass is 10.1. The van der Waals surface area contributed by atoms with Gasteiger partial charge in [0.2, 0.25) is 5.91 Å². The normalized spacial score (nSPS) is 16.3. The van der Waals surface area contributed by atoms with Crippen LogP contribution in [0.5, 0.6) is 0 Å². The molecule has 1 amide bonds. The molecule has 0 bridgehead atoms. The number of nitrogens with zero attached hydrogens (tertiary/aromatic N) is 2. The third-order valence-corrected chi connectivity index (χ3v) is 3.82. The van der Waals surface area contributed by atoms with Crippen LogP contribution in [0.4, 0.5) is 11.4 Å². The molecule has 5 nitrogen and oxygen atoms in total. The Bertz CT molecular complexity index is 582. The molecule has 2 N–H and O–H groups in total. The third kappa shape index (κ3) is 3.29. The molecule has 112 valence electrons. The summed E-state index contributed by atoms with van der Waals surface area (Å²) >= 11 is 6.34. The molecule has 1 aromatic carbocycles. The van der Waals surface area contributed by atoms with Crippen LogP contribution in [0.1, 0.15) is 31.4 Å². The Labute approximate surface area is 129 Å². The van der Waals surface area contributed by atoms with E-state index in [0.717, 1.165) is 29.9 Å². The molecule has 6 heteroatoms. The van der Waals surface area contributed by atoms with Crippen molar-refractivity contribution in [1.82, 2.24) is 5.32 Å². The van der Waals surface area contributed by atoms with Gasteiger partial charge in [0, 0.05) is 24.8 Å². The van der Waals surface area contributed by atoms with Crippen molar-refractivity contribution in [1.29, 1.82) is 5.26 Å². The van der Waals surface area contributed by atoms with Crippen molar-refractivity contribution in [3.05, 3.63) is 22.7 Å². The minimum absolute atomic E-state index is 0.0497. The summed E-state index contributed by atoms with van der Waals surface area (Å²) in [5.41, 5.74) is 2.50. The Morgan fingerprint density at radius 3 is 2.95 bits per heavy atom. The minimum Gasteiger partial charge on any atom is -0.372 e. The van der Waals surface area contributed by atoms with Crippen molar-refractivity contribution >= 4 is 28.9 Å². The van der Waals surface area contributed by atoms with Crippen LogP contribution in [0.25, 0.3) is 0 Å². The highest BCUT2D eigenvalue weighted by Gasteiger charge is 2.31. The van der Waals surface area contributed by atoms with Gasteiger partial charge in [0.05, 0.1) is 23.2 Å². The third-order valence-electron chi connectivity index (χ3n) is 3.52. The van der Waals surface area contributed by atoms with Crippen LogP contribution in [0.3, 0.4) is 0 Å². The molecule has 0 aliphatic carbocycles. The van der Waals surface area contributed by atoms with E-state index in [9.17, 15) is 4.79 Å². The maximum Gasteiger partial charge on any atom is 0.246 e. The number of carbonyl (C=O) groups excluding carboxylic acids is 1. The van der Waals surface area contributed by atoms with Crippen LogP contribution in [-0.4, -0.2) is 26.0 Å². The Balaban J connectivity index is 2.26. The zero-order chi connectivity index (χ0) is 15.4. The molecule has 1 aromatic rings. The average molecular weight is 307 g/mol. The summed E-state index contributed by atoms with van der Waals surface area (Å²) in [5, 5.41) is 15.4. The molecule has 1 aliphatic heterocycles. The predicted molar refractivity (Wildman–Crippen MR) is 84.6 cm³/mol. The van der Waals surface area contributed by atoms with Gasteiger partial charge in [-0.15, -0.1) is 0 Å². The Morgan fingerprint density at radius 2 is 2.29 bits per heavy atom. The molecule has 0 aromatic heterocycles. The number of carbonyl (C=O) groups is 1. The summed E-state index contributed by atoms with van der Waals surface area (Å²) < 4.78 is 0. The fourth-order valence-corrected chi connectivity index (χ4v) is 2.71. The van der Waals surface area contributed by atoms with E-state index in [2.05, 4.69) is 23.6 Å². The first-order valence-electron chi connectivity index (χ1n) is 7.04. The number of hydrogen-bond acceptors (Lipinski definition) is 4. The van der Waals surface area contributed by atoms with E-state index in [1.807, 2.05) is 24.1 Å². The van der Waals surface area contributed by atoms with Crippen LogP contribution >= 0.6 is 11.6 Å². The van der Waals surface area contributed by atoms with Crippen molar-refractivity contribution in [2.24, 2.45) is 0 Å². The smallest absolute Gasteiger partial charge is 0.246 e. The van der Waals surface area contributed by atoms with Crippen LogP contribution in [0.15, 0.2) is 12.1 Å². The highest BCUT2D eigenvalue weighted by Crippen LogP contribution is 2.38. The lowest BCUT2D eigenvalue weighted by Crippen LogP contribution is -2.28. The highest BCUT2D eigenvalue weighted by molar-refractivity contribution is 6.33. The molecular formula is C15H19ClN4O. The largest absolute Gasteiger partial charge is 0.372 e. The van der Waals surface area contributed by atoms with Crippen molar-refractivity contribution in [2.45, 2.75) is 25.8 Å². The first-order chi connectivity index (χ1) is 10.1. The van der Waals surface area contributed by atoms with Crippen LogP contribution in [0, 0.1) is 11.3 Å². The van der Waals surface area contributed by atoms with E-state index in [0.29, 0.717) is 18.0 Å². The molecular weight excluding hydrogens is 288 g/mol. The molecule has 21 heavy (non-hydrogen) atoms. The Morgan fingerprint density at radius 1 is 1.52 bits per heavy atom. The van der Waals surface area contributed by atoms with E-state index in [-0.39, 0.29) is 11.9 Å². The maximum absolute atomic E-state index is 12.0. The van der Waals surface area contributed by atoms with Crippen molar-refractivity contribution < 1.29 is 4.79 Å². The molecule has 1 unspecified atom stereocenters. The second-order valence-corrected chi connectivity index (χ2v) is 5.50. The Hall–Kier alpha value is -1.77. The summed E-state index contributed by atoms with van der Waals surface area (Å²) in [4.78, 5) is 13.9. The van der Waals surface area contributed by atoms with Gasteiger partial charge in [-0.3, -0.25) is 4.79 Å². The first kappa shape index (κ1) is 15.6. The fourth-order valence-electron chi connectivity index (χ4n) is 2.39. The number of amides is 1. The molecule has 1 heterocycles. The lowest BCUT2D eigenvalue weighted by molar-refractivity contribution is -0.117. The molecule has 1 atom stereocenters. The summed E-state index contributed by atoms with van der Waals surface area (Å²) in [7, 11) is 1.88. The van der Waals surface area contributed by atoms with E-state index < -0.39 is 0 Å². The summed E-state index contributed by atoms with van der Waals surface area (Å²) in [6.07, 6.45) is 1.39. The molecule has 0 saturated heterocycles. The second kappa shape index (κ2) is 6.79. The molecule has 0 fully saturated rings. The first-order valence-corrected chi connectivity index (χ1v) is 7.42. The van der Waals surface area contributed by atoms with Crippen LogP contribution in [-0.2, 0) is 4.79 Å². The molecule has 0 saturated carbocycles. The quantitative estimate of drug-likeness (QED) is 0.848. The van der Waals surface area contributed by atoms with E-state index >= 15 is 0 Å². The number of benzene rings is 1. The number of nitrogens with one attached hydrogen (secondary N) is 2. The van der Waals surface area contributed by atoms with Gasteiger partial charge in [-0.05, 0) is 25.1 Å². The van der Waals surface area contributed by atoms with Gasteiger partial charge in [0.25, 0.3) is 0 Å². The summed E-state index contributed by atoms with van der Waals surface area (Å²) in [5.74, 6) is -0.0497. The number of halogens is 1. The standard InChI is InChI=1S/C15H19ClN4O/c1-3-6-18-14-10-8-11(16)13(20(2)7-4-5-17)9-12(10)19-15(14)21/h8-9,14,18H,3-4,6-7H2,1-2H3,(H,19,21). The lowest BCUT2D eigenvalue weighted by Gasteiger charge is -2.20. The number of hydrogen-bond donors (Lipinski definition) is 2. The van der Waals surface area contributed by atoms with Gasteiger partial charge in [-0.2, -0.15) is 5.26 Å². The minimum atomic E-state index is -0.337. The summed E-state index contributed by atoms with van der Waals surface area (Å²) in [6, 6.07) is 5.49. The highest BCUT2D eigenvalue weighted by atomic mass is 35.5. The maximum atomic E-state index is 12.0. The Kier molecular flexibility index (Phi) is 5.05. The predicted octanol–water partition coefficient (Wildman–Crippen LogP) is 2.68. The van der Waals surface area contributed by atoms with E-state index in [1.165, 1.54) is 0 Å². The summed E-state index contributed by atoms with van der Waals surface area (Å²) in [6.45, 7) is 3.43. The van der Waals surface area contributed by atoms with Crippen LogP contribution in [0.2, 0.25) is 5.02 Å². The molecule has 2 rings (SSSR count). The van der Waals surface area contributed by atoms with Crippen LogP contribution < -0.4 is 15.5 Å².